The topological polar surface area (TPSA) is 131 Å². The zero-order valence-corrected chi connectivity index (χ0v) is 18.5. The number of anilines is 2. The average Bonchev–Trinajstić information content (AvgIpc) is 3.15. The normalized spacial score (nSPS) is 23.5. The number of carbonyl (C=O) groups is 3. The maximum atomic E-state index is 12.7. The number of pyridine rings is 1. The fourth-order valence-electron chi connectivity index (χ4n) is 4.70. The van der Waals surface area contributed by atoms with E-state index in [0.717, 1.165) is 5.56 Å². The molecular weight excluding hydrogens is 444 g/mol. The van der Waals surface area contributed by atoms with E-state index in [1.807, 2.05) is 24.3 Å². The molecule has 0 unspecified atom stereocenters. The molecule has 1 aliphatic carbocycles. The smallest absolute Gasteiger partial charge is 0.416 e. The van der Waals surface area contributed by atoms with Crippen LogP contribution in [-0.2, 0) is 16.1 Å². The van der Waals surface area contributed by atoms with Crippen molar-refractivity contribution in [2.75, 3.05) is 23.5 Å². The molecule has 3 heterocycles. The first-order valence-electron chi connectivity index (χ1n) is 11.0. The number of hydrogen-bond donors (Lipinski definition) is 2. The summed E-state index contributed by atoms with van der Waals surface area (Å²) in [5, 5.41) is 11.5. The number of rotatable bonds is 5. The lowest BCUT2D eigenvalue weighted by atomic mass is 9.88. The molecule has 2 aliphatic heterocycles. The van der Waals surface area contributed by atoms with Crippen molar-refractivity contribution in [2.24, 2.45) is 0 Å². The summed E-state index contributed by atoms with van der Waals surface area (Å²) < 4.78 is 16.3. The van der Waals surface area contributed by atoms with Crippen LogP contribution in [0.5, 0.6) is 11.5 Å². The van der Waals surface area contributed by atoms with E-state index in [1.54, 1.807) is 19.2 Å². The molecule has 0 bridgehead atoms. The second-order valence-electron chi connectivity index (χ2n) is 8.43. The minimum atomic E-state index is -1.09. The zero-order chi connectivity index (χ0) is 23.8. The van der Waals surface area contributed by atoms with Gasteiger partial charge in [-0.15, -0.1) is 0 Å². The Morgan fingerprint density at radius 3 is 2.74 bits per heavy atom. The Morgan fingerprint density at radius 2 is 2.00 bits per heavy atom. The van der Waals surface area contributed by atoms with Crippen LogP contribution < -0.4 is 24.6 Å². The molecule has 1 aromatic heterocycles. The largest absolute Gasteiger partial charge is 0.497 e. The molecule has 5 rings (SSSR count). The van der Waals surface area contributed by atoms with Gasteiger partial charge in [0.05, 0.1) is 19.7 Å². The molecule has 11 heteroatoms. The van der Waals surface area contributed by atoms with Crippen molar-refractivity contribution in [3.05, 3.63) is 42.0 Å². The average molecular weight is 468 g/mol. The number of fused-ring (bicyclic) bond motifs is 2. The molecule has 1 saturated heterocycles. The van der Waals surface area contributed by atoms with Gasteiger partial charge in [0.15, 0.2) is 18.2 Å². The van der Waals surface area contributed by atoms with E-state index in [2.05, 4.69) is 10.3 Å². The predicted octanol–water partition coefficient (Wildman–Crippen LogP) is 2.53. The predicted molar refractivity (Wildman–Crippen MR) is 119 cm³/mol. The summed E-state index contributed by atoms with van der Waals surface area (Å²) in [6, 6.07) is 10.2. The van der Waals surface area contributed by atoms with E-state index < -0.39 is 18.3 Å². The molecule has 3 amide bonds. The molecule has 1 aromatic carbocycles. The van der Waals surface area contributed by atoms with Crippen molar-refractivity contribution >= 4 is 29.7 Å². The van der Waals surface area contributed by atoms with Crippen LogP contribution in [0.1, 0.15) is 24.8 Å². The summed E-state index contributed by atoms with van der Waals surface area (Å²) in [6.07, 6.45) is -0.535. The third kappa shape index (κ3) is 4.04. The second kappa shape index (κ2) is 8.73. The maximum absolute atomic E-state index is 12.7. The maximum Gasteiger partial charge on any atom is 0.416 e. The Morgan fingerprint density at radius 1 is 1.21 bits per heavy atom. The van der Waals surface area contributed by atoms with Gasteiger partial charge in [-0.2, -0.15) is 0 Å². The Labute approximate surface area is 195 Å². The SMILES string of the molecule is COc1ccc(CN2C(=O)COc3ccc(N4C(=O)O[C@H]5C[C@@H](NC(=O)O)CC[C@@H]54)nc32)cc1. The minimum absolute atomic E-state index is 0.0986. The fraction of sp³-hybridized carbons (Fsp3) is 0.391. The van der Waals surface area contributed by atoms with E-state index in [1.165, 1.54) is 9.80 Å². The third-order valence-corrected chi connectivity index (χ3v) is 6.34. The lowest BCUT2D eigenvalue weighted by Gasteiger charge is -2.33. The minimum Gasteiger partial charge on any atom is -0.497 e. The molecule has 2 N–H and O–H groups in total. The van der Waals surface area contributed by atoms with Crippen molar-refractivity contribution < 1.29 is 33.7 Å². The van der Waals surface area contributed by atoms with Crippen LogP contribution in [0.15, 0.2) is 36.4 Å². The van der Waals surface area contributed by atoms with Crippen LogP contribution in [0.3, 0.4) is 0 Å². The number of ether oxygens (including phenoxy) is 3. The van der Waals surface area contributed by atoms with Gasteiger partial charge in [0, 0.05) is 12.5 Å². The highest BCUT2D eigenvalue weighted by molar-refractivity contribution is 5.97. The monoisotopic (exact) mass is 468 g/mol. The number of nitrogens with zero attached hydrogens (tertiary/aromatic N) is 3. The number of aromatic nitrogens is 1. The highest BCUT2D eigenvalue weighted by Gasteiger charge is 2.47. The third-order valence-electron chi connectivity index (χ3n) is 6.34. The molecule has 34 heavy (non-hydrogen) atoms. The molecule has 0 radical (unpaired) electrons. The molecule has 3 aliphatic rings. The molecule has 1 saturated carbocycles. The lowest BCUT2D eigenvalue weighted by Crippen LogP contribution is -2.47. The lowest BCUT2D eigenvalue weighted by molar-refractivity contribution is -0.121. The van der Waals surface area contributed by atoms with Gasteiger partial charge in [0.1, 0.15) is 17.7 Å². The van der Waals surface area contributed by atoms with E-state index in [9.17, 15) is 14.4 Å². The first kappa shape index (κ1) is 21.8. The van der Waals surface area contributed by atoms with E-state index >= 15 is 0 Å². The first-order chi connectivity index (χ1) is 16.4. The van der Waals surface area contributed by atoms with Crippen molar-refractivity contribution in [1.29, 1.82) is 0 Å². The zero-order valence-electron chi connectivity index (χ0n) is 18.5. The van der Waals surface area contributed by atoms with Crippen LogP contribution in [0, 0.1) is 0 Å². The van der Waals surface area contributed by atoms with Gasteiger partial charge in [-0.1, -0.05) is 12.1 Å². The molecule has 2 aromatic rings. The van der Waals surface area contributed by atoms with Crippen LogP contribution >= 0.6 is 0 Å². The van der Waals surface area contributed by atoms with E-state index in [4.69, 9.17) is 19.3 Å². The molecule has 0 spiro atoms. The standard InChI is InChI=1S/C23H24N4O7/c1-32-15-5-2-13(3-6-15)11-26-20(28)12-33-17-8-9-19(25-21(17)26)27-16-7-4-14(24-22(29)30)10-18(16)34-23(27)31/h2-3,5-6,8-9,14,16,18,24H,4,7,10-12H2,1H3,(H,29,30)/t14-,16-,18-/m0/s1. The van der Waals surface area contributed by atoms with Gasteiger partial charge >= 0.3 is 12.2 Å². The Bertz CT molecular complexity index is 1120. The highest BCUT2D eigenvalue weighted by Crippen LogP contribution is 2.38. The summed E-state index contributed by atoms with van der Waals surface area (Å²) in [7, 11) is 1.59. The van der Waals surface area contributed by atoms with E-state index in [0.29, 0.717) is 42.4 Å². The van der Waals surface area contributed by atoms with Gasteiger partial charge in [-0.25, -0.2) is 14.6 Å². The highest BCUT2D eigenvalue weighted by atomic mass is 16.6. The quantitative estimate of drug-likeness (QED) is 0.685. The van der Waals surface area contributed by atoms with Crippen molar-refractivity contribution in [3.8, 4) is 11.5 Å². The van der Waals surface area contributed by atoms with Crippen molar-refractivity contribution in [3.63, 3.8) is 0 Å². The number of nitrogens with one attached hydrogen (secondary N) is 1. The number of benzene rings is 1. The molecule has 2 fully saturated rings. The summed E-state index contributed by atoms with van der Waals surface area (Å²) in [5.74, 6) is 1.62. The fourth-order valence-corrected chi connectivity index (χ4v) is 4.70. The Balaban J connectivity index is 1.40. The number of methoxy groups -OCH3 is 1. The van der Waals surface area contributed by atoms with Crippen molar-refractivity contribution in [1.82, 2.24) is 10.3 Å². The number of amides is 3. The molecule has 11 nitrogen and oxygen atoms in total. The van der Waals surface area contributed by atoms with Gasteiger partial charge in [-0.05, 0) is 42.7 Å². The second-order valence-corrected chi connectivity index (χ2v) is 8.43. The van der Waals surface area contributed by atoms with Crippen LogP contribution in [0.25, 0.3) is 0 Å². The first-order valence-corrected chi connectivity index (χ1v) is 11.0. The van der Waals surface area contributed by atoms with Crippen molar-refractivity contribution in [2.45, 2.75) is 44.0 Å². The summed E-state index contributed by atoms with van der Waals surface area (Å²) in [5.41, 5.74) is 0.888. The molecule has 3 atom stereocenters. The summed E-state index contributed by atoms with van der Waals surface area (Å²) >= 11 is 0. The Kier molecular flexibility index (Phi) is 5.60. The van der Waals surface area contributed by atoms with Gasteiger partial charge in [-0.3, -0.25) is 14.6 Å². The molecular formula is C23H24N4O7. The van der Waals surface area contributed by atoms with Gasteiger partial charge in [0.2, 0.25) is 0 Å². The summed E-state index contributed by atoms with van der Waals surface area (Å²) in [4.78, 5) is 44.1. The summed E-state index contributed by atoms with van der Waals surface area (Å²) in [6.45, 7) is 0.188. The van der Waals surface area contributed by atoms with Gasteiger partial charge < -0.3 is 24.6 Å². The Hall–Kier alpha value is -4.02. The number of carboxylic acid groups (broad SMARTS) is 1. The number of carbonyl (C=O) groups excluding carboxylic acids is 2. The van der Waals surface area contributed by atoms with Crippen LogP contribution in [-0.4, -0.2) is 60.1 Å². The van der Waals surface area contributed by atoms with Crippen LogP contribution in [0.4, 0.5) is 21.2 Å². The van der Waals surface area contributed by atoms with Gasteiger partial charge in [0.25, 0.3) is 5.91 Å². The number of hydrogen-bond acceptors (Lipinski definition) is 7. The molecule has 178 valence electrons. The van der Waals surface area contributed by atoms with Crippen LogP contribution in [0.2, 0.25) is 0 Å². The van der Waals surface area contributed by atoms with E-state index in [-0.39, 0.29) is 31.1 Å².